The largest absolute Gasteiger partial charge is 0.372 e. The van der Waals surface area contributed by atoms with Crippen LogP contribution in [0.4, 0.5) is 5.69 Å². The second kappa shape index (κ2) is 8.35. The molecule has 4 nitrogen and oxygen atoms in total. The van der Waals surface area contributed by atoms with Gasteiger partial charge in [-0.25, -0.2) is 0 Å². The fourth-order valence-electron chi connectivity index (χ4n) is 3.27. The molecule has 0 aromatic heterocycles. The van der Waals surface area contributed by atoms with E-state index in [-0.39, 0.29) is 11.5 Å². The summed E-state index contributed by atoms with van der Waals surface area (Å²) in [4.78, 5) is 16.7. The van der Waals surface area contributed by atoms with Crippen LogP contribution in [0.25, 0.3) is 0 Å². The number of rotatable bonds is 5. The van der Waals surface area contributed by atoms with Crippen molar-refractivity contribution >= 4 is 11.6 Å². The molecule has 0 bridgehead atoms. The summed E-state index contributed by atoms with van der Waals surface area (Å²) in [6, 6.07) is 20.1. The van der Waals surface area contributed by atoms with E-state index in [2.05, 4.69) is 12.1 Å². The van der Waals surface area contributed by atoms with Crippen LogP contribution in [0.15, 0.2) is 66.4 Å². The van der Waals surface area contributed by atoms with Gasteiger partial charge in [0.05, 0.1) is 0 Å². The number of amides is 1. The molecule has 1 aliphatic rings. The SMILES string of the molecule is CCN(/C=C(/C#N)C(=O)N1CCCc2ccccc21)Cc1ccccc1. The van der Waals surface area contributed by atoms with E-state index in [0.29, 0.717) is 13.1 Å². The molecule has 2 aromatic rings. The number of para-hydroxylation sites is 1. The Kier molecular flexibility index (Phi) is 5.70. The number of anilines is 1. The fraction of sp³-hybridized carbons (Fsp3) is 0.273. The number of aryl methyl sites for hydroxylation is 1. The predicted octanol–water partition coefficient (Wildman–Crippen LogP) is 3.90. The van der Waals surface area contributed by atoms with Crippen LogP contribution >= 0.6 is 0 Å². The van der Waals surface area contributed by atoms with E-state index in [1.165, 1.54) is 5.56 Å². The van der Waals surface area contributed by atoms with Gasteiger partial charge in [-0.2, -0.15) is 5.26 Å². The monoisotopic (exact) mass is 345 g/mol. The maximum atomic E-state index is 13.0. The predicted molar refractivity (Wildman–Crippen MR) is 103 cm³/mol. The molecule has 1 heterocycles. The summed E-state index contributed by atoms with van der Waals surface area (Å²) >= 11 is 0. The number of benzene rings is 2. The maximum Gasteiger partial charge on any atom is 0.270 e. The summed E-state index contributed by atoms with van der Waals surface area (Å²) in [5, 5.41) is 9.59. The molecular weight excluding hydrogens is 322 g/mol. The Morgan fingerprint density at radius 2 is 1.92 bits per heavy atom. The number of carbonyl (C=O) groups excluding carboxylic acids is 1. The summed E-state index contributed by atoms with van der Waals surface area (Å²) in [6.45, 7) is 4.07. The topological polar surface area (TPSA) is 47.3 Å². The molecule has 132 valence electrons. The van der Waals surface area contributed by atoms with E-state index in [1.54, 1.807) is 11.1 Å². The summed E-state index contributed by atoms with van der Waals surface area (Å²) in [7, 11) is 0. The van der Waals surface area contributed by atoms with Gasteiger partial charge in [-0.1, -0.05) is 48.5 Å². The molecule has 4 heteroatoms. The zero-order chi connectivity index (χ0) is 18.4. The minimum Gasteiger partial charge on any atom is -0.372 e. The highest BCUT2D eigenvalue weighted by molar-refractivity contribution is 6.08. The maximum absolute atomic E-state index is 13.0. The lowest BCUT2D eigenvalue weighted by atomic mass is 10.0. The van der Waals surface area contributed by atoms with Crippen LogP contribution in [0.5, 0.6) is 0 Å². The van der Waals surface area contributed by atoms with Crippen LogP contribution in [0.1, 0.15) is 24.5 Å². The molecular formula is C22H23N3O. The zero-order valence-corrected chi connectivity index (χ0v) is 15.1. The second-order valence-corrected chi connectivity index (χ2v) is 6.39. The molecule has 0 spiro atoms. The summed E-state index contributed by atoms with van der Waals surface area (Å²) < 4.78 is 0. The Morgan fingerprint density at radius 1 is 1.19 bits per heavy atom. The van der Waals surface area contributed by atoms with Gasteiger partial charge in [0.1, 0.15) is 11.6 Å². The Bertz CT molecular complexity index is 836. The van der Waals surface area contributed by atoms with E-state index in [4.69, 9.17) is 0 Å². The van der Waals surface area contributed by atoms with Gasteiger partial charge in [0.2, 0.25) is 0 Å². The van der Waals surface area contributed by atoms with E-state index >= 15 is 0 Å². The summed E-state index contributed by atoms with van der Waals surface area (Å²) in [6.07, 6.45) is 3.59. The molecule has 0 saturated carbocycles. The average molecular weight is 345 g/mol. The van der Waals surface area contributed by atoms with Crippen LogP contribution < -0.4 is 4.90 Å². The Balaban J connectivity index is 1.82. The Labute approximate surface area is 155 Å². The third-order valence-electron chi connectivity index (χ3n) is 4.65. The van der Waals surface area contributed by atoms with Crippen LogP contribution in [-0.2, 0) is 17.8 Å². The number of nitrogens with zero attached hydrogens (tertiary/aromatic N) is 3. The molecule has 2 aromatic carbocycles. The zero-order valence-electron chi connectivity index (χ0n) is 15.1. The molecule has 0 unspecified atom stereocenters. The van der Waals surface area contributed by atoms with Crippen molar-refractivity contribution in [1.29, 1.82) is 5.26 Å². The highest BCUT2D eigenvalue weighted by atomic mass is 16.2. The number of nitriles is 1. The minimum absolute atomic E-state index is 0.180. The van der Waals surface area contributed by atoms with E-state index in [0.717, 1.165) is 30.6 Å². The van der Waals surface area contributed by atoms with Crippen molar-refractivity contribution in [3.05, 3.63) is 77.5 Å². The molecule has 3 rings (SSSR count). The summed E-state index contributed by atoms with van der Waals surface area (Å²) in [5.74, 6) is -0.217. The molecule has 0 atom stereocenters. The Hall–Kier alpha value is -3.06. The lowest BCUT2D eigenvalue weighted by Crippen LogP contribution is -2.36. The van der Waals surface area contributed by atoms with Crippen molar-refractivity contribution in [2.24, 2.45) is 0 Å². The van der Waals surface area contributed by atoms with Crippen molar-refractivity contribution in [3.8, 4) is 6.07 Å². The quantitative estimate of drug-likeness (QED) is 0.610. The van der Waals surface area contributed by atoms with Gasteiger partial charge in [0.25, 0.3) is 5.91 Å². The normalized spacial score (nSPS) is 13.7. The molecule has 0 aliphatic carbocycles. The molecule has 0 saturated heterocycles. The lowest BCUT2D eigenvalue weighted by Gasteiger charge is -2.29. The van der Waals surface area contributed by atoms with Crippen molar-refractivity contribution in [1.82, 2.24) is 4.90 Å². The van der Waals surface area contributed by atoms with Crippen LogP contribution in [0.2, 0.25) is 0 Å². The van der Waals surface area contributed by atoms with Gasteiger partial charge in [0, 0.05) is 31.5 Å². The van der Waals surface area contributed by atoms with Crippen molar-refractivity contribution in [2.75, 3.05) is 18.0 Å². The van der Waals surface area contributed by atoms with Gasteiger partial charge < -0.3 is 9.80 Å². The average Bonchev–Trinajstić information content (AvgIpc) is 2.71. The first-order chi connectivity index (χ1) is 12.7. The smallest absolute Gasteiger partial charge is 0.270 e. The number of carbonyl (C=O) groups is 1. The van der Waals surface area contributed by atoms with Crippen LogP contribution in [0, 0.1) is 11.3 Å². The molecule has 1 aliphatic heterocycles. The minimum atomic E-state index is -0.217. The number of fused-ring (bicyclic) bond motifs is 1. The first-order valence-corrected chi connectivity index (χ1v) is 9.02. The van der Waals surface area contributed by atoms with E-state index in [9.17, 15) is 10.1 Å². The van der Waals surface area contributed by atoms with Gasteiger partial charge in [-0.3, -0.25) is 4.79 Å². The highest BCUT2D eigenvalue weighted by Crippen LogP contribution is 2.28. The standard InChI is InChI=1S/C22H23N3O/c1-2-24(16-18-9-4-3-5-10-18)17-20(15-23)22(26)25-14-8-12-19-11-6-7-13-21(19)25/h3-7,9-11,13,17H,2,8,12,14,16H2,1H3/b20-17-. The molecule has 26 heavy (non-hydrogen) atoms. The van der Waals surface area contributed by atoms with Crippen LogP contribution in [-0.4, -0.2) is 23.9 Å². The third kappa shape index (κ3) is 3.94. The molecule has 0 N–H and O–H groups in total. The van der Waals surface area contributed by atoms with Gasteiger partial charge in [-0.15, -0.1) is 0 Å². The van der Waals surface area contributed by atoms with Crippen molar-refractivity contribution in [2.45, 2.75) is 26.3 Å². The van der Waals surface area contributed by atoms with Gasteiger partial charge in [-0.05, 0) is 37.0 Å². The second-order valence-electron chi connectivity index (χ2n) is 6.39. The molecule has 0 radical (unpaired) electrons. The van der Waals surface area contributed by atoms with Gasteiger partial charge >= 0.3 is 0 Å². The third-order valence-corrected chi connectivity index (χ3v) is 4.65. The van der Waals surface area contributed by atoms with E-state index < -0.39 is 0 Å². The van der Waals surface area contributed by atoms with Gasteiger partial charge in [0.15, 0.2) is 0 Å². The first kappa shape index (κ1) is 17.8. The highest BCUT2D eigenvalue weighted by Gasteiger charge is 2.25. The van der Waals surface area contributed by atoms with E-state index in [1.807, 2.05) is 60.4 Å². The molecule has 0 fully saturated rings. The number of hydrogen-bond acceptors (Lipinski definition) is 3. The lowest BCUT2D eigenvalue weighted by molar-refractivity contribution is -0.114. The molecule has 1 amide bonds. The first-order valence-electron chi connectivity index (χ1n) is 9.02. The van der Waals surface area contributed by atoms with Crippen molar-refractivity contribution < 1.29 is 4.79 Å². The van der Waals surface area contributed by atoms with Crippen molar-refractivity contribution in [3.63, 3.8) is 0 Å². The Morgan fingerprint density at radius 3 is 2.65 bits per heavy atom. The number of hydrogen-bond donors (Lipinski definition) is 0. The van der Waals surface area contributed by atoms with Crippen LogP contribution in [0.3, 0.4) is 0 Å². The fourth-order valence-corrected chi connectivity index (χ4v) is 3.27. The summed E-state index contributed by atoms with van der Waals surface area (Å²) in [5.41, 5.74) is 3.43.